The first-order chi connectivity index (χ1) is 5.88. The van der Waals surface area contributed by atoms with Crippen molar-refractivity contribution >= 4 is 9.84 Å². The number of hydrogen-bond donors (Lipinski definition) is 0. The molecule has 1 fully saturated rings. The van der Waals surface area contributed by atoms with Crippen molar-refractivity contribution in [2.45, 2.75) is 33.1 Å². The van der Waals surface area contributed by atoms with Crippen LogP contribution in [0.5, 0.6) is 0 Å². The normalized spacial score (nSPS) is 28.9. The van der Waals surface area contributed by atoms with Crippen molar-refractivity contribution < 1.29 is 8.42 Å². The van der Waals surface area contributed by atoms with Crippen LogP contribution in [-0.4, -0.2) is 20.4 Å². The molecule has 0 aromatic carbocycles. The predicted molar refractivity (Wildman–Crippen MR) is 55.4 cm³/mol. The topological polar surface area (TPSA) is 34.1 Å². The van der Waals surface area contributed by atoms with Crippen LogP contribution in [0.3, 0.4) is 0 Å². The predicted octanol–water partition coefficient (Wildman–Crippen LogP) is 2.10. The van der Waals surface area contributed by atoms with Crippen LogP contribution in [0.4, 0.5) is 0 Å². The molecule has 0 N–H and O–H groups in total. The second kappa shape index (κ2) is 3.99. The van der Waals surface area contributed by atoms with Gasteiger partial charge in [-0.25, -0.2) is 8.42 Å². The Balaban J connectivity index is 2.16. The highest BCUT2D eigenvalue weighted by molar-refractivity contribution is 7.90. The lowest BCUT2D eigenvalue weighted by atomic mass is 9.68. The summed E-state index contributed by atoms with van der Waals surface area (Å²) in [6, 6.07) is 0. The minimum absolute atomic E-state index is 0.377. The standard InChI is InChI=1S/C10H20O2S/c1-8(2)10-6-9(7-10)4-5-13(3,11)12/h8-10H,4-7H2,1-3H3. The first kappa shape index (κ1) is 11.0. The zero-order valence-electron chi connectivity index (χ0n) is 8.79. The van der Waals surface area contributed by atoms with E-state index in [1.165, 1.54) is 19.1 Å². The molecule has 0 amide bonds. The molecule has 0 aliphatic heterocycles. The average molecular weight is 204 g/mol. The first-order valence-corrected chi connectivity index (χ1v) is 7.12. The summed E-state index contributed by atoms with van der Waals surface area (Å²) in [5.74, 6) is 2.68. The molecule has 0 unspecified atom stereocenters. The largest absolute Gasteiger partial charge is 0.229 e. The van der Waals surface area contributed by atoms with E-state index in [9.17, 15) is 8.42 Å². The molecule has 0 aromatic rings. The van der Waals surface area contributed by atoms with Gasteiger partial charge >= 0.3 is 0 Å². The molecule has 3 heteroatoms. The van der Waals surface area contributed by atoms with Gasteiger partial charge in [-0.2, -0.15) is 0 Å². The third-order valence-corrected chi connectivity index (χ3v) is 4.09. The minimum atomic E-state index is -2.73. The molecule has 1 saturated carbocycles. The summed E-state index contributed by atoms with van der Waals surface area (Å²) in [7, 11) is -2.73. The van der Waals surface area contributed by atoms with E-state index < -0.39 is 9.84 Å². The maximum Gasteiger partial charge on any atom is 0.147 e. The van der Waals surface area contributed by atoms with Gasteiger partial charge in [0.15, 0.2) is 0 Å². The molecule has 0 saturated heterocycles. The van der Waals surface area contributed by atoms with Crippen LogP contribution in [-0.2, 0) is 9.84 Å². The minimum Gasteiger partial charge on any atom is -0.229 e. The number of hydrogen-bond acceptors (Lipinski definition) is 2. The Labute approximate surface area is 81.6 Å². The fourth-order valence-corrected chi connectivity index (χ4v) is 2.71. The van der Waals surface area contributed by atoms with Gasteiger partial charge in [0.2, 0.25) is 0 Å². The molecule has 2 nitrogen and oxygen atoms in total. The van der Waals surface area contributed by atoms with E-state index >= 15 is 0 Å². The molecule has 0 atom stereocenters. The SMILES string of the molecule is CC(C)C1CC(CCS(C)(=O)=O)C1. The van der Waals surface area contributed by atoms with Gasteiger partial charge in [0, 0.05) is 6.26 Å². The highest BCUT2D eigenvalue weighted by Crippen LogP contribution is 2.40. The van der Waals surface area contributed by atoms with Crippen molar-refractivity contribution in [1.29, 1.82) is 0 Å². The van der Waals surface area contributed by atoms with E-state index in [0.29, 0.717) is 11.7 Å². The lowest BCUT2D eigenvalue weighted by molar-refractivity contribution is 0.138. The lowest BCUT2D eigenvalue weighted by Crippen LogP contribution is -2.29. The van der Waals surface area contributed by atoms with E-state index in [4.69, 9.17) is 0 Å². The summed E-state index contributed by atoms with van der Waals surface area (Å²) in [6.45, 7) is 4.49. The van der Waals surface area contributed by atoms with Crippen molar-refractivity contribution in [3.63, 3.8) is 0 Å². The number of rotatable bonds is 4. The van der Waals surface area contributed by atoms with Crippen LogP contribution in [0.1, 0.15) is 33.1 Å². The van der Waals surface area contributed by atoms with E-state index in [0.717, 1.165) is 18.3 Å². The quantitative estimate of drug-likeness (QED) is 0.703. The molecule has 1 rings (SSSR count). The second-order valence-electron chi connectivity index (χ2n) is 4.76. The van der Waals surface area contributed by atoms with Gasteiger partial charge in [0.05, 0.1) is 5.75 Å². The van der Waals surface area contributed by atoms with Crippen LogP contribution in [0.25, 0.3) is 0 Å². The fourth-order valence-electron chi connectivity index (χ4n) is 1.95. The van der Waals surface area contributed by atoms with Gasteiger partial charge in [-0.1, -0.05) is 13.8 Å². The van der Waals surface area contributed by atoms with Crippen LogP contribution >= 0.6 is 0 Å². The Bertz CT molecular complexity index is 248. The Morgan fingerprint density at radius 2 is 1.85 bits per heavy atom. The monoisotopic (exact) mass is 204 g/mol. The molecule has 78 valence electrons. The van der Waals surface area contributed by atoms with Gasteiger partial charge in [0.25, 0.3) is 0 Å². The summed E-state index contributed by atoms with van der Waals surface area (Å²) >= 11 is 0. The van der Waals surface area contributed by atoms with E-state index in [2.05, 4.69) is 13.8 Å². The highest BCUT2D eigenvalue weighted by Gasteiger charge is 2.31. The zero-order chi connectivity index (χ0) is 10.1. The van der Waals surface area contributed by atoms with Crippen molar-refractivity contribution in [3.8, 4) is 0 Å². The molecule has 0 radical (unpaired) electrons. The Morgan fingerprint density at radius 1 is 1.31 bits per heavy atom. The van der Waals surface area contributed by atoms with Crippen molar-refractivity contribution in [3.05, 3.63) is 0 Å². The highest BCUT2D eigenvalue weighted by atomic mass is 32.2. The molecule has 1 aliphatic carbocycles. The van der Waals surface area contributed by atoms with Gasteiger partial charge < -0.3 is 0 Å². The molecule has 0 aromatic heterocycles. The second-order valence-corrected chi connectivity index (χ2v) is 7.02. The smallest absolute Gasteiger partial charge is 0.147 e. The van der Waals surface area contributed by atoms with E-state index in [1.807, 2.05) is 0 Å². The van der Waals surface area contributed by atoms with E-state index in [-0.39, 0.29) is 0 Å². The van der Waals surface area contributed by atoms with Crippen LogP contribution in [0.15, 0.2) is 0 Å². The summed E-state index contributed by atoms with van der Waals surface area (Å²) in [5.41, 5.74) is 0. The van der Waals surface area contributed by atoms with Gasteiger partial charge in [-0.15, -0.1) is 0 Å². The molecule has 0 bridgehead atoms. The Kier molecular flexibility index (Phi) is 3.38. The molecule has 13 heavy (non-hydrogen) atoms. The van der Waals surface area contributed by atoms with Crippen LogP contribution in [0, 0.1) is 17.8 Å². The third-order valence-electron chi connectivity index (χ3n) is 3.11. The molecule has 0 heterocycles. The summed E-state index contributed by atoms with van der Waals surface area (Å²) in [5, 5.41) is 0. The summed E-state index contributed by atoms with van der Waals surface area (Å²) < 4.78 is 21.8. The van der Waals surface area contributed by atoms with Gasteiger partial charge in [0.1, 0.15) is 9.84 Å². The van der Waals surface area contributed by atoms with Gasteiger partial charge in [-0.05, 0) is 37.0 Å². The Hall–Kier alpha value is -0.0500. The number of sulfone groups is 1. The Morgan fingerprint density at radius 3 is 2.23 bits per heavy atom. The fraction of sp³-hybridized carbons (Fsp3) is 1.00. The lowest BCUT2D eigenvalue weighted by Gasteiger charge is -2.38. The summed E-state index contributed by atoms with van der Waals surface area (Å²) in [6.07, 6.45) is 4.69. The first-order valence-electron chi connectivity index (χ1n) is 5.06. The molecular weight excluding hydrogens is 184 g/mol. The van der Waals surface area contributed by atoms with E-state index in [1.54, 1.807) is 0 Å². The maximum atomic E-state index is 10.9. The average Bonchev–Trinajstić information content (AvgIpc) is 1.79. The maximum absolute atomic E-state index is 10.9. The van der Waals surface area contributed by atoms with Crippen molar-refractivity contribution in [1.82, 2.24) is 0 Å². The van der Waals surface area contributed by atoms with Crippen LogP contribution in [0.2, 0.25) is 0 Å². The summed E-state index contributed by atoms with van der Waals surface area (Å²) in [4.78, 5) is 0. The zero-order valence-corrected chi connectivity index (χ0v) is 9.60. The van der Waals surface area contributed by atoms with Crippen molar-refractivity contribution in [2.75, 3.05) is 12.0 Å². The van der Waals surface area contributed by atoms with Crippen molar-refractivity contribution in [2.24, 2.45) is 17.8 Å². The van der Waals surface area contributed by atoms with Crippen LogP contribution < -0.4 is 0 Å². The molecular formula is C10H20O2S. The molecule has 1 aliphatic rings. The third kappa shape index (κ3) is 3.67. The molecule has 0 spiro atoms. The van der Waals surface area contributed by atoms with Gasteiger partial charge in [-0.3, -0.25) is 0 Å².